The number of morpholine rings is 1. The highest BCUT2D eigenvalue weighted by Gasteiger charge is 2.40. The summed E-state index contributed by atoms with van der Waals surface area (Å²) >= 11 is 0. The van der Waals surface area contributed by atoms with E-state index < -0.39 is 0 Å². The van der Waals surface area contributed by atoms with Gasteiger partial charge in [-0.15, -0.1) is 0 Å². The van der Waals surface area contributed by atoms with Crippen molar-refractivity contribution >= 4 is 0 Å². The van der Waals surface area contributed by atoms with Crippen LogP contribution in [0.15, 0.2) is 30.3 Å². The molecule has 1 fully saturated rings. The number of phenolic OH excluding ortho intramolecular Hbond substituents is 1. The van der Waals surface area contributed by atoms with E-state index in [9.17, 15) is 5.11 Å². The van der Waals surface area contributed by atoms with Gasteiger partial charge in [-0.1, -0.05) is 13.0 Å². The first-order valence-corrected chi connectivity index (χ1v) is 9.91. The molecule has 140 valence electrons. The minimum absolute atomic E-state index is 0.0623. The monoisotopic (exact) mass is 354 g/mol. The summed E-state index contributed by atoms with van der Waals surface area (Å²) in [5, 5.41) is 10.0. The second-order valence-corrected chi connectivity index (χ2v) is 7.89. The Kier molecular flexibility index (Phi) is 4.80. The maximum absolute atomic E-state index is 10.0. The number of fused-ring (bicyclic) bond motifs is 3. The lowest BCUT2D eigenvalue weighted by atomic mass is 9.83. The summed E-state index contributed by atoms with van der Waals surface area (Å²) in [7, 11) is 0. The average Bonchev–Trinajstić information content (AvgIpc) is 2.94. The van der Waals surface area contributed by atoms with E-state index in [2.05, 4.69) is 48.4 Å². The topological polar surface area (TPSA) is 37.6 Å². The Labute approximate surface area is 156 Å². The maximum atomic E-state index is 10.0. The summed E-state index contributed by atoms with van der Waals surface area (Å²) in [6.07, 6.45) is 3.59. The van der Waals surface area contributed by atoms with E-state index in [1.807, 2.05) is 6.07 Å². The van der Waals surface area contributed by atoms with Crippen molar-refractivity contribution in [1.82, 2.24) is 9.47 Å². The van der Waals surface area contributed by atoms with Crippen LogP contribution in [0.1, 0.15) is 48.4 Å². The van der Waals surface area contributed by atoms with Gasteiger partial charge >= 0.3 is 0 Å². The molecule has 0 spiro atoms. The fourth-order valence-corrected chi connectivity index (χ4v) is 4.76. The van der Waals surface area contributed by atoms with E-state index in [1.54, 1.807) is 6.07 Å². The molecule has 0 bridgehead atoms. The van der Waals surface area contributed by atoms with E-state index >= 15 is 0 Å². The first-order valence-electron chi connectivity index (χ1n) is 9.91. The number of rotatable bonds is 4. The molecule has 0 saturated carbocycles. The van der Waals surface area contributed by atoms with Gasteiger partial charge in [-0.3, -0.25) is 4.90 Å². The van der Waals surface area contributed by atoms with Crippen LogP contribution in [0.4, 0.5) is 0 Å². The number of benzene rings is 1. The molecule has 1 N–H and O–H groups in total. The molecule has 2 aromatic rings. The molecule has 1 saturated heterocycles. The molecule has 2 heterocycles. The van der Waals surface area contributed by atoms with Gasteiger partial charge in [0.25, 0.3) is 0 Å². The summed E-state index contributed by atoms with van der Waals surface area (Å²) < 4.78 is 9.02. The van der Waals surface area contributed by atoms with Gasteiger partial charge in [-0.25, -0.2) is 0 Å². The highest BCUT2D eigenvalue weighted by atomic mass is 16.5. The van der Waals surface area contributed by atoms with Crippen molar-refractivity contribution in [3.63, 3.8) is 0 Å². The van der Waals surface area contributed by atoms with Crippen LogP contribution < -0.4 is 0 Å². The van der Waals surface area contributed by atoms with Crippen molar-refractivity contribution in [1.29, 1.82) is 0 Å². The summed E-state index contributed by atoms with van der Waals surface area (Å²) in [4.78, 5) is 2.62. The Morgan fingerprint density at radius 1 is 1.15 bits per heavy atom. The lowest BCUT2D eigenvalue weighted by molar-refractivity contribution is -0.133. The number of aromatic hydroxyl groups is 1. The third-order valence-corrected chi connectivity index (χ3v) is 6.06. The van der Waals surface area contributed by atoms with Crippen LogP contribution in [0, 0.1) is 13.8 Å². The van der Waals surface area contributed by atoms with Crippen LogP contribution in [-0.4, -0.2) is 39.8 Å². The third-order valence-electron chi connectivity index (χ3n) is 6.06. The van der Waals surface area contributed by atoms with E-state index in [-0.39, 0.29) is 12.2 Å². The molecule has 1 aromatic heterocycles. The number of aromatic nitrogens is 1. The summed E-state index contributed by atoms with van der Waals surface area (Å²) in [5.74, 6) is 0.342. The zero-order valence-corrected chi connectivity index (χ0v) is 16.1. The van der Waals surface area contributed by atoms with Gasteiger partial charge in [-0.2, -0.15) is 0 Å². The highest BCUT2D eigenvalue weighted by molar-refractivity contribution is 5.39. The SMILES string of the molecule is CCCN1CC(Cn2c(C)ccc2C)OC2c3cc(O)ccc3CCC21. The molecular formula is C22H30N2O2. The summed E-state index contributed by atoms with van der Waals surface area (Å²) in [6.45, 7) is 9.57. The van der Waals surface area contributed by atoms with Crippen molar-refractivity contribution in [2.45, 2.75) is 64.8 Å². The molecule has 1 aliphatic heterocycles. The highest BCUT2D eigenvalue weighted by Crippen LogP contribution is 2.41. The predicted octanol–water partition coefficient (Wildman–Crippen LogP) is 3.98. The van der Waals surface area contributed by atoms with Gasteiger partial charge in [0.15, 0.2) is 0 Å². The van der Waals surface area contributed by atoms with Gasteiger partial charge in [-0.05, 0) is 75.0 Å². The zero-order chi connectivity index (χ0) is 18.3. The Balaban J connectivity index is 1.64. The molecule has 4 rings (SSSR count). The van der Waals surface area contributed by atoms with Gasteiger partial charge in [0.2, 0.25) is 0 Å². The normalized spacial score (nSPS) is 25.7. The second-order valence-electron chi connectivity index (χ2n) is 7.89. The summed E-state index contributed by atoms with van der Waals surface area (Å²) in [6, 6.07) is 10.6. The first kappa shape index (κ1) is 17.6. The molecular weight excluding hydrogens is 324 g/mol. The van der Waals surface area contributed by atoms with Crippen molar-refractivity contribution < 1.29 is 9.84 Å². The molecule has 0 radical (unpaired) electrons. The lowest BCUT2D eigenvalue weighted by Crippen LogP contribution is -2.53. The van der Waals surface area contributed by atoms with Gasteiger partial charge < -0.3 is 14.4 Å². The number of phenols is 1. The first-order chi connectivity index (χ1) is 12.6. The number of nitrogens with zero attached hydrogens (tertiary/aromatic N) is 2. The number of aryl methyl sites for hydroxylation is 3. The van der Waals surface area contributed by atoms with Crippen LogP contribution in [-0.2, 0) is 17.7 Å². The molecule has 26 heavy (non-hydrogen) atoms. The maximum Gasteiger partial charge on any atom is 0.115 e. The minimum atomic E-state index is 0.0623. The van der Waals surface area contributed by atoms with Crippen molar-refractivity contribution in [3.05, 3.63) is 52.8 Å². The molecule has 1 aliphatic carbocycles. The van der Waals surface area contributed by atoms with Crippen LogP contribution in [0.2, 0.25) is 0 Å². The largest absolute Gasteiger partial charge is 0.508 e. The molecule has 0 amide bonds. The van der Waals surface area contributed by atoms with Crippen LogP contribution in [0.5, 0.6) is 5.75 Å². The van der Waals surface area contributed by atoms with Gasteiger partial charge in [0, 0.05) is 24.0 Å². The van der Waals surface area contributed by atoms with Crippen molar-refractivity contribution in [2.24, 2.45) is 0 Å². The Morgan fingerprint density at radius 3 is 2.65 bits per heavy atom. The molecule has 3 atom stereocenters. The molecule has 2 aliphatic rings. The fraction of sp³-hybridized carbons (Fsp3) is 0.545. The number of ether oxygens (including phenoxy) is 1. The number of hydrogen-bond acceptors (Lipinski definition) is 3. The van der Waals surface area contributed by atoms with Crippen molar-refractivity contribution in [3.8, 4) is 5.75 Å². The van der Waals surface area contributed by atoms with E-state index in [0.29, 0.717) is 11.8 Å². The minimum Gasteiger partial charge on any atom is -0.508 e. The Morgan fingerprint density at radius 2 is 1.92 bits per heavy atom. The molecule has 4 heteroatoms. The summed E-state index contributed by atoms with van der Waals surface area (Å²) in [5.41, 5.74) is 5.09. The Hall–Kier alpha value is -1.78. The lowest BCUT2D eigenvalue weighted by Gasteiger charge is -2.48. The second kappa shape index (κ2) is 7.09. The average molecular weight is 354 g/mol. The smallest absolute Gasteiger partial charge is 0.115 e. The van der Waals surface area contributed by atoms with E-state index in [0.717, 1.165) is 38.9 Å². The third kappa shape index (κ3) is 3.17. The standard InChI is InChI=1S/C22H30N2O2/c1-4-11-23-13-19(14-24-15(2)5-6-16(24)3)26-22-20-12-18(25)9-7-17(20)8-10-21(22)23/h5-7,9,12,19,21-22,25H,4,8,10-11,13-14H2,1-3H3. The van der Waals surface area contributed by atoms with Crippen LogP contribution in [0.25, 0.3) is 0 Å². The number of hydrogen-bond donors (Lipinski definition) is 1. The Bertz CT molecular complexity index is 763. The molecule has 4 nitrogen and oxygen atoms in total. The van der Waals surface area contributed by atoms with Crippen LogP contribution >= 0.6 is 0 Å². The van der Waals surface area contributed by atoms with Crippen LogP contribution in [0.3, 0.4) is 0 Å². The van der Waals surface area contributed by atoms with Crippen molar-refractivity contribution in [2.75, 3.05) is 13.1 Å². The quantitative estimate of drug-likeness (QED) is 0.902. The molecule has 1 aromatic carbocycles. The molecule has 3 unspecified atom stereocenters. The predicted molar refractivity (Wildman–Crippen MR) is 104 cm³/mol. The van der Waals surface area contributed by atoms with E-state index in [4.69, 9.17) is 4.74 Å². The van der Waals surface area contributed by atoms with E-state index in [1.165, 1.54) is 22.5 Å². The fourth-order valence-electron chi connectivity index (χ4n) is 4.76. The zero-order valence-electron chi connectivity index (χ0n) is 16.1. The van der Waals surface area contributed by atoms with Gasteiger partial charge in [0.05, 0.1) is 18.8 Å². The van der Waals surface area contributed by atoms with Gasteiger partial charge in [0.1, 0.15) is 5.75 Å².